The highest BCUT2D eigenvalue weighted by Crippen LogP contribution is 2.22. The summed E-state index contributed by atoms with van der Waals surface area (Å²) in [5, 5.41) is 23.6. The second-order valence-electron chi connectivity index (χ2n) is 7.49. The molecular formula is C23H25ClFN3O4. The molecule has 9 heteroatoms. The number of aliphatic hydroxyl groups is 2. The first kappa shape index (κ1) is 23.9. The molecule has 2 aromatic carbocycles. The molecule has 2 atom stereocenters. The van der Waals surface area contributed by atoms with Gasteiger partial charge in [-0.3, -0.25) is 10.2 Å². The van der Waals surface area contributed by atoms with Crippen molar-refractivity contribution in [2.45, 2.75) is 25.1 Å². The van der Waals surface area contributed by atoms with Gasteiger partial charge < -0.3 is 14.9 Å². The number of anilines is 1. The largest absolute Gasteiger partial charge is 0.448 e. The maximum atomic E-state index is 13.7. The number of halogens is 2. The summed E-state index contributed by atoms with van der Waals surface area (Å²) in [6.07, 6.45) is 0.0937. The van der Waals surface area contributed by atoms with Crippen LogP contribution in [0.4, 0.5) is 15.0 Å². The van der Waals surface area contributed by atoms with Gasteiger partial charge in [-0.2, -0.15) is 0 Å². The van der Waals surface area contributed by atoms with Crippen LogP contribution in [0.15, 0.2) is 54.7 Å². The molecule has 0 bridgehead atoms. The number of hydrogen-bond donors (Lipinski definition) is 3. The highest BCUT2D eigenvalue weighted by atomic mass is 35.5. The summed E-state index contributed by atoms with van der Waals surface area (Å²) in [5.74, 6) is -0.177. The maximum Gasteiger partial charge on any atom is 0.412 e. The van der Waals surface area contributed by atoms with Crippen LogP contribution in [-0.2, 0) is 11.3 Å². The van der Waals surface area contributed by atoms with Crippen LogP contribution in [0.25, 0.3) is 10.8 Å². The average molecular weight is 462 g/mol. The first-order valence-electron chi connectivity index (χ1n) is 10.1. The van der Waals surface area contributed by atoms with E-state index >= 15 is 0 Å². The minimum Gasteiger partial charge on any atom is -0.448 e. The number of rotatable bonds is 9. The molecule has 1 aromatic heterocycles. The SMILES string of the molecule is CN(Cc1cccc(F)c1Cl)C(COC(=O)Nc1cc2ccccc2cn1)CC(O)CO. The fourth-order valence-electron chi connectivity index (χ4n) is 3.30. The van der Waals surface area contributed by atoms with E-state index in [4.69, 9.17) is 16.3 Å². The molecule has 0 aliphatic heterocycles. The monoisotopic (exact) mass is 461 g/mol. The molecule has 0 aliphatic rings. The van der Waals surface area contributed by atoms with E-state index < -0.39 is 30.7 Å². The van der Waals surface area contributed by atoms with E-state index in [1.807, 2.05) is 24.3 Å². The Morgan fingerprint density at radius 2 is 2.00 bits per heavy atom. The van der Waals surface area contributed by atoms with Crippen LogP contribution in [0.3, 0.4) is 0 Å². The van der Waals surface area contributed by atoms with Crippen molar-refractivity contribution in [3.05, 3.63) is 71.1 Å². The van der Waals surface area contributed by atoms with E-state index in [1.54, 1.807) is 36.3 Å². The summed E-state index contributed by atoms with van der Waals surface area (Å²) in [6, 6.07) is 13.4. The number of ether oxygens (including phenoxy) is 1. The number of nitrogens with one attached hydrogen (secondary N) is 1. The third-order valence-electron chi connectivity index (χ3n) is 5.10. The lowest BCUT2D eigenvalue weighted by Crippen LogP contribution is -2.39. The van der Waals surface area contributed by atoms with Crippen molar-refractivity contribution < 1.29 is 24.1 Å². The van der Waals surface area contributed by atoms with Gasteiger partial charge >= 0.3 is 6.09 Å². The predicted octanol–water partition coefficient (Wildman–Crippen LogP) is 3.82. The van der Waals surface area contributed by atoms with Crippen molar-refractivity contribution in [1.29, 1.82) is 0 Å². The number of fused-ring (bicyclic) bond motifs is 1. The molecule has 170 valence electrons. The third-order valence-corrected chi connectivity index (χ3v) is 5.52. The van der Waals surface area contributed by atoms with Gasteiger partial charge in [0.05, 0.1) is 17.7 Å². The smallest absolute Gasteiger partial charge is 0.412 e. The summed E-state index contributed by atoms with van der Waals surface area (Å²) >= 11 is 6.04. The van der Waals surface area contributed by atoms with Crippen LogP contribution in [0.1, 0.15) is 12.0 Å². The molecule has 0 saturated heterocycles. The predicted molar refractivity (Wildman–Crippen MR) is 121 cm³/mol. The first-order valence-corrected chi connectivity index (χ1v) is 10.5. The highest BCUT2D eigenvalue weighted by Gasteiger charge is 2.22. The second-order valence-corrected chi connectivity index (χ2v) is 7.87. The minimum atomic E-state index is -1.00. The molecular weight excluding hydrogens is 437 g/mol. The first-order chi connectivity index (χ1) is 15.4. The number of likely N-dealkylation sites (N-methyl/N-ethyl adjacent to an activating group) is 1. The average Bonchev–Trinajstić information content (AvgIpc) is 2.79. The molecule has 1 amide bonds. The van der Waals surface area contributed by atoms with Gasteiger partial charge in [-0.1, -0.05) is 48.0 Å². The van der Waals surface area contributed by atoms with Gasteiger partial charge in [0.15, 0.2) is 0 Å². The maximum absolute atomic E-state index is 13.7. The molecule has 3 N–H and O–H groups in total. The molecule has 0 spiro atoms. The zero-order valence-electron chi connectivity index (χ0n) is 17.5. The quantitative estimate of drug-likeness (QED) is 0.448. The number of aliphatic hydroxyl groups excluding tert-OH is 2. The number of carbonyl (C=O) groups excluding carboxylic acids is 1. The molecule has 0 fully saturated rings. The molecule has 0 aliphatic carbocycles. The van der Waals surface area contributed by atoms with E-state index in [-0.39, 0.29) is 24.6 Å². The number of aromatic nitrogens is 1. The number of benzene rings is 2. The van der Waals surface area contributed by atoms with Crippen LogP contribution >= 0.6 is 11.6 Å². The summed E-state index contributed by atoms with van der Waals surface area (Å²) in [7, 11) is 1.74. The van der Waals surface area contributed by atoms with Gasteiger partial charge in [0.2, 0.25) is 0 Å². The number of amides is 1. The fraction of sp³-hybridized carbons (Fsp3) is 0.304. The Bertz CT molecular complexity index is 1070. The van der Waals surface area contributed by atoms with Crippen molar-refractivity contribution in [3.63, 3.8) is 0 Å². The Hall–Kier alpha value is -2.78. The number of pyridine rings is 1. The van der Waals surface area contributed by atoms with Gasteiger partial charge in [0, 0.05) is 24.2 Å². The van der Waals surface area contributed by atoms with Crippen molar-refractivity contribution in [2.24, 2.45) is 0 Å². The van der Waals surface area contributed by atoms with E-state index in [2.05, 4.69) is 10.3 Å². The van der Waals surface area contributed by atoms with E-state index in [0.29, 0.717) is 11.4 Å². The Balaban J connectivity index is 1.63. The molecule has 0 saturated carbocycles. The number of carbonyl (C=O) groups is 1. The van der Waals surface area contributed by atoms with Crippen LogP contribution in [0, 0.1) is 5.82 Å². The van der Waals surface area contributed by atoms with Crippen molar-refractivity contribution in [2.75, 3.05) is 25.6 Å². The fourth-order valence-corrected chi connectivity index (χ4v) is 3.48. The van der Waals surface area contributed by atoms with Crippen LogP contribution in [-0.4, -0.2) is 58.6 Å². The summed E-state index contributed by atoms with van der Waals surface area (Å²) in [4.78, 5) is 18.3. The molecule has 0 radical (unpaired) electrons. The molecule has 3 aromatic rings. The van der Waals surface area contributed by atoms with Crippen molar-refractivity contribution >= 4 is 34.3 Å². The molecule has 2 unspecified atom stereocenters. The normalized spacial score (nSPS) is 13.2. The van der Waals surface area contributed by atoms with Crippen LogP contribution < -0.4 is 5.32 Å². The Morgan fingerprint density at radius 3 is 2.75 bits per heavy atom. The van der Waals surface area contributed by atoms with Gasteiger partial charge in [0.25, 0.3) is 0 Å². The second kappa shape index (κ2) is 11.2. The Labute approximate surface area is 190 Å². The van der Waals surface area contributed by atoms with Crippen LogP contribution in [0.2, 0.25) is 5.02 Å². The van der Waals surface area contributed by atoms with Gasteiger partial charge in [0.1, 0.15) is 18.2 Å². The van der Waals surface area contributed by atoms with E-state index in [0.717, 1.165) is 10.8 Å². The van der Waals surface area contributed by atoms with E-state index in [1.165, 1.54) is 6.07 Å². The Morgan fingerprint density at radius 1 is 1.25 bits per heavy atom. The summed E-state index contributed by atoms with van der Waals surface area (Å²) in [5.41, 5.74) is 0.558. The number of hydrogen-bond acceptors (Lipinski definition) is 6. The van der Waals surface area contributed by atoms with Crippen LogP contribution in [0.5, 0.6) is 0 Å². The molecule has 7 nitrogen and oxygen atoms in total. The zero-order valence-corrected chi connectivity index (χ0v) is 18.3. The standard InChI is InChI=1S/C23H25ClFN3O4/c1-28(12-17-7-4-8-20(25)22(17)24)18(10-19(30)13-29)14-32-23(31)27-21-9-15-5-2-3-6-16(15)11-26-21/h2-9,11,18-19,29-30H,10,12-14H2,1H3,(H,26,27,31). The molecule has 3 rings (SSSR count). The van der Waals surface area contributed by atoms with Gasteiger partial charge in [-0.15, -0.1) is 0 Å². The van der Waals surface area contributed by atoms with Crippen molar-refractivity contribution in [3.8, 4) is 0 Å². The third kappa shape index (κ3) is 6.37. The lowest BCUT2D eigenvalue weighted by atomic mass is 10.1. The lowest BCUT2D eigenvalue weighted by molar-refractivity contribution is 0.0382. The molecule has 1 heterocycles. The zero-order chi connectivity index (χ0) is 23.1. The van der Waals surface area contributed by atoms with Crippen molar-refractivity contribution in [1.82, 2.24) is 9.88 Å². The molecule has 32 heavy (non-hydrogen) atoms. The van der Waals surface area contributed by atoms with E-state index in [9.17, 15) is 19.4 Å². The Kier molecular flexibility index (Phi) is 8.35. The highest BCUT2D eigenvalue weighted by molar-refractivity contribution is 6.31. The number of nitrogens with zero attached hydrogens (tertiary/aromatic N) is 2. The summed E-state index contributed by atoms with van der Waals surface area (Å²) < 4.78 is 19.1. The topological polar surface area (TPSA) is 94.9 Å². The lowest BCUT2D eigenvalue weighted by Gasteiger charge is -2.29. The minimum absolute atomic E-state index is 0.0156. The van der Waals surface area contributed by atoms with Gasteiger partial charge in [-0.25, -0.2) is 14.2 Å². The van der Waals surface area contributed by atoms with Gasteiger partial charge in [-0.05, 0) is 36.6 Å². The summed E-state index contributed by atoms with van der Waals surface area (Å²) in [6.45, 7) is -0.241.